The summed E-state index contributed by atoms with van der Waals surface area (Å²) in [6.07, 6.45) is -0.322. The van der Waals surface area contributed by atoms with E-state index in [9.17, 15) is 0 Å². The normalized spacial score (nSPS) is 11.0. The van der Waals surface area contributed by atoms with E-state index in [1.807, 2.05) is 0 Å². The Bertz CT molecular complexity index is 578. The van der Waals surface area contributed by atoms with Gasteiger partial charge in [-0.2, -0.15) is 0 Å². The predicted octanol–water partition coefficient (Wildman–Crippen LogP) is 2.46. The molecule has 22 heavy (non-hydrogen) atoms. The number of methoxy groups -OCH3 is 4. The number of nitrogens with zero attached hydrogens (tertiary/aromatic N) is 2. The molecule has 7 nitrogen and oxygen atoms in total. The molecule has 1 aromatic heterocycles. The Morgan fingerprint density at radius 2 is 1.64 bits per heavy atom. The van der Waals surface area contributed by atoms with Gasteiger partial charge < -0.3 is 23.4 Å². The molecule has 0 fully saturated rings. The zero-order valence-electron chi connectivity index (χ0n) is 12.9. The van der Waals surface area contributed by atoms with Crippen molar-refractivity contribution in [2.75, 3.05) is 34.2 Å². The highest BCUT2D eigenvalue weighted by Gasteiger charge is 2.14. The number of rotatable bonds is 8. The van der Waals surface area contributed by atoms with Crippen LogP contribution in [0.2, 0.25) is 0 Å². The summed E-state index contributed by atoms with van der Waals surface area (Å²) in [5, 5.41) is 8.47. The van der Waals surface area contributed by atoms with Gasteiger partial charge in [-0.3, -0.25) is 0 Å². The lowest BCUT2D eigenvalue weighted by atomic mass is 10.2. The molecule has 0 aliphatic rings. The van der Waals surface area contributed by atoms with Crippen molar-refractivity contribution < 1.29 is 23.4 Å². The Hall–Kier alpha value is -1.77. The van der Waals surface area contributed by atoms with E-state index in [1.165, 1.54) is 11.8 Å². The molecule has 0 atom stereocenters. The van der Waals surface area contributed by atoms with Gasteiger partial charge in [-0.1, -0.05) is 11.8 Å². The third kappa shape index (κ3) is 4.12. The van der Waals surface area contributed by atoms with Crippen molar-refractivity contribution >= 4 is 11.8 Å². The molecule has 1 heterocycles. The Kier molecular flexibility index (Phi) is 6.05. The summed E-state index contributed by atoms with van der Waals surface area (Å²) >= 11 is 1.36. The lowest BCUT2D eigenvalue weighted by Crippen LogP contribution is -2.15. The van der Waals surface area contributed by atoms with Gasteiger partial charge in [0, 0.05) is 25.8 Å². The summed E-state index contributed by atoms with van der Waals surface area (Å²) in [4.78, 5) is 0. The van der Waals surface area contributed by atoms with Crippen LogP contribution in [0.3, 0.4) is 0 Å². The van der Waals surface area contributed by atoms with Crippen molar-refractivity contribution in [3.8, 4) is 23.0 Å². The van der Waals surface area contributed by atoms with Crippen molar-refractivity contribution in [1.29, 1.82) is 0 Å². The fraction of sp³-hybridized carbons (Fsp3) is 0.429. The first kappa shape index (κ1) is 16.6. The van der Waals surface area contributed by atoms with Crippen molar-refractivity contribution in [3.05, 3.63) is 18.2 Å². The van der Waals surface area contributed by atoms with E-state index in [0.717, 1.165) is 5.56 Å². The standard InChI is InChI=1S/C14H18N2O5S/c1-17-10-5-9(6-11(7-10)18-2)13-15-16-14(21-13)22-8-12(19-3)20-4/h5-7,12H,8H2,1-4H3. The molecule has 0 N–H and O–H groups in total. The Balaban J connectivity index is 2.13. The van der Waals surface area contributed by atoms with Gasteiger partial charge in [0.1, 0.15) is 11.5 Å². The Morgan fingerprint density at radius 3 is 2.18 bits per heavy atom. The second-order valence-corrected chi connectivity index (χ2v) is 5.16. The first-order valence-corrected chi connectivity index (χ1v) is 7.44. The average molecular weight is 326 g/mol. The highest BCUT2D eigenvalue weighted by atomic mass is 32.2. The number of thioether (sulfide) groups is 1. The SMILES string of the molecule is COc1cc(OC)cc(-c2nnc(SCC(OC)OC)o2)c1. The quantitative estimate of drug-likeness (QED) is 0.541. The van der Waals surface area contributed by atoms with E-state index in [4.69, 9.17) is 23.4 Å². The van der Waals surface area contributed by atoms with Gasteiger partial charge in [-0.05, 0) is 12.1 Å². The van der Waals surface area contributed by atoms with Crippen LogP contribution in [0.5, 0.6) is 11.5 Å². The van der Waals surface area contributed by atoms with Gasteiger partial charge in [-0.25, -0.2) is 0 Å². The van der Waals surface area contributed by atoms with Crippen LogP contribution in [-0.4, -0.2) is 50.7 Å². The molecule has 0 bridgehead atoms. The summed E-state index contributed by atoms with van der Waals surface area (Å²) in [5.41, 5.74) is 0.727. The second kappa shape index (κ2) is 8.02. The topological polar surface area (TPSA) is 75.8 Å². The highest BCUT2D eigenvalue weighted by molar-refractivity contribution is 7.99. The molecule has 0 spiro atoms. The highest BCUT2D eigenvalue weighted by Crippen LogP contribution is 2.30. The van der Waals surface area contributed by atoms with Crippen LogP contribution < -0.4 is 9.47 Å². The maximum Gasteiger partial charge on any atom is 0.277 e. The molecule has 1 aromatic carbocycles. The first-order valence-electron chi connectivity index (χ1n) is 6.45. The fourth-order valence-electron chi connectivity index (χ4n) is 1.69. The van der Waals surface area contributed by atoms with Gasteiger partial charge >= 0.3 is 0 Å². The molecular formula is C14H18N2O5S. The lowest BCUT2D eigenvalue weighted by Gasteiger charge is -2.10. The van der Waals surface area contributed by atoms with Crippen molar-refractivity contribution in [2.24, 2.45) is 0 Å². The van der Waals surface area contributed by atoms with Crippen LogP contribution in [0.15, 0.2) is 27.8 Å². The molecule has 0 amide bonds. The number of hydrogen-bond acceptors (Lipinski definition) is 8. The van der Waals surface area contributed by atoms with Gasteiger partial charge in [0.25, 0.3) is 5.22 Å². The molecule has 0 aliphatic heterocycles. The minimum absolute atomic E-state index is 0.322. The molecule has 0 aliphatic carbocycles. The minimum Gasteiger partial charge on any atom is -0.497 e. The molecular weight excluding hydrogens is 308 g/mol. The van der Waals surface area contributed by atoms with Crippen LogP contribution in [0.25, 0.3) is 11.5 Å². The van der Waals surface area contributed by atoms with Gasteiger partial charge in [0.2, 0.25) is 5.89 Å². The molecule has 0 saturated carbocycles. The number of hydrogen-bond donors (Lipinski definition) is 0. The van der Waals surface area contributed by atoms with Gasteiger partial charge in [0.15, 0.2) is 6.29 Å². The van der Waals surface area contributed by atoms with Crippen molar-refractivity contribution in [2.45, 2.75) is 11.5 Å². The number of ether oxygens (including phenoxy) is 4. The van der Waals surface area contributed by atoms with E-state index in [0.29, 0.717) is 28.4 Å². The molecule has 0 saturated heterocycles. The summed E-state index contributed by atoms with van der Waals surface area (Å²) in [7, 11) is 6.33. The smallest absolute Gasteiger partial charge is 0.277 e. The average Bonchev–Trinajstić information content (AvgIpc) is 3.04. The van der Waals surface area contributed by atoms with Crippen LogP contribution in [-0.2, 0) is 9.47 Å². The molecule has 0 unspecified atom stereocenters. The van der Waals surface area contributed by atoms with E-state index < -0.39 is 0 Å². The van der Waals surface area contributed by atoms with E-state index in [1.54, 1.807) is 46.6 Å². The van der Waals surface area contributed by atoms with E-state index in [-0.39, 0.29) is 6.29 Å². The Morgan fingerprint density at radius 1 is 1.00 bits per heavy atom. The van der Waals surface area contributed by atoms with Crippen molar-refractivity contribution in [1.82, 2.24) is 10.2 Å². The van der Waals surface area contributed by atoms with Crippen LogP contribution in [0, 0.1) is 0 Å². The van der Waals surface area contributed by atoms with Gasteiger partial charge in [0.05, 0.1) is 20.0 Å². The summed E-state index contributed by atoms with van der Waals surface area (Å²) in [6.45, 7) is 0. The third-order valence-corrected chi connectivity index (χ3v) is 3.72. The van der Waals surface area contributed by atoms with Crippen LogP contribution in [0.1, 0.15) is 0 Å². The van der Waals surface area contributed by atoms with E-state index >= 15 is 0 Å². The van der Waals surface area contributed by atoms with Crippen molar-refractivity contribution in [3.63, 3.8) is 0 Å². The maximum absolute atomic E-state index is 5.63. The first-order chi connectivity index (χ1) is 10.7. The Labute approximate surface area is 132 Å². The largest absolute Gasteiger partial charge is 0.497 e. The van der Waals surface area contributed by atoms with Gasteiger partial charge in [-0.15, -0.1) is 10.2 Å². The summed E-state index contributed by atoms with van der Waals surface area (Å²) < 4.78 is 26.3. The van der Waals surface area contributed by atoms with Crippen LogP contribution >= 0.6 is 11.8 Å². The number of aromatic nitrogens is 2. The summed E-state index contributed by atoms with van der Waals surface area (Å²) in [5.74, 6) is 2.25. The minimum atomic E-state index is -0.322. The number of benzene rings is 1. The zero-order valence-corrected chi connectivity index (χ0v) is 13.7. The van der Waals surface area contributed by atoms with Crippen LogP contribution in [0.4, 0.5) is 0 Å². The molecule has 0 radical (unpaired) electrons. The molecule has 120 valence electrons. The third-order valence-electron chi connectivity index (χ3n) is 2.87. The molecule has 2 rings (SSSR count). The van der Waals surface area contributed by atoms with E-state index in [2.05, 4.69) is 10.2 Å². The molecule has 2 aromatic rings. The zero-order chi connectivity index (χ0) is 15.9. The fourth-order valence-corrected chi connectivity index (χ4v) is 2.47. The summed E-state index contributed by atoms with van der Waals surface area (Å²) in [6, 6.07) is 5.38. The lowest BCUT2D eigenvalue weighted by molar-refractivity contribution is -0.0843. The maximum atomic E-state index is 5.63. The predicted molar refractivity (Wildman–Crippen MR) is 81.4 cm³/mol. The molecule has 8 heteroatoms. The monoisotopic (exact) mass is 326 g/mol. The second-order valence-electron chi connectivity index (χ2n) is 4.19.